The van der Waals surface area contributed by atoms with E-state index in [1.165, 1.54) is 11.3 Å². The average molecular weight is 508 g/mol. The summed E-state index contributed by atoms with van der Waals surface area (Å²) >= 11 is 1.37. The van der Waals surface area contributed by atoms with Gasteiger partial charge in [-0.2, -0.15) is 0 Å². The van der Waals surface area contributed by atoms with Crippen LogP contribution in [0.2, 0.25) is 0 Å². The third kappa shape index (κ3) is 6.39. The number of hydrogen-bond donors (Lipinski definition) is 3. The summed E-state index contributed by atoms with van der Waals surface area (Å²) in [5, 5.41) is 8.42. The van der Waals surface area contributed by atoms with Crippen LogP contribution in [0.5, 0.6) is 11.5 Å². The zero-order chi connectivity index (χ0) is 25.7. The summed E-state index contributed by atoms with van der Waals surface area (Å²) in [5.41, 5.74) is 0.830. The van der Waals surface area contributed by atoms with Gasteiger partial charge < -0.3 is 25.6 Å². The zero-order valence-electron chi connectivity index (χ0n) is 20.5. The van der Waals surface area contributed by atoms with E-state index in [0.717, 1.165) is 4.88 Å². The number of hydrogen-bond acceptors (Lipinski definition) is 6. The Kier molecular flexibility index (Phi) is 7.54. The molecule has 10 heteroatoms. The Balaban J connectivity index is 1.46. The van der Waals surface area contributed by atoms with Crippen molar-refractivity contribution in [3.63, 3.8) is 0 Å². The van der Waals surface area contributed by atoms with E-state index in [1.807, 2.05) is 6.07 Å². The maximum Gasteiger partial charge on any atom is 0.323 e. The van der Waals surface area contributed by atoms with E-state index in [2.05, 4.69) is 41.7 Å². The summed E-state index contributed by atoms with van der Waals surface area (Å²) in [4.78, 5) is 44.9. The first-order chi connectivity index (χ1) is 17.2. The van der Waals surface area contributed by atoms with Crippen LogP contribution < -0.4 is 20.7 Å². The first-order valence-corrected chi connectivity index (χ1v) is 12.5. The van der Waals surface area contributed by atoms with Gasteiger partial charge in [0.15, 0.2) is 0 Å². The molecule has 4 amide bonds. The maximum absolute atomic E-state index is 13.4. The van der Waals surface area contributed by atoms with Gasteiger partial charge in [-0.25, -0.2) is 4.79 Å². The van der Waals surface area contributed by atoms with Gasteiger partial charge in [-0.3, -0.25) is 14.6 Å². The molecule has 0 spiro atoms. The van der Waals surface area contributed by atoms with Crippen LogP contribution in [0.1, 0.15) is 41.7 Å². The molecule has 3 N–H and O–H groups in total. The fourth-order valence-corrected chi connectivity index (χ4v) is 4.70. The zero-order valence-corrected chi connectivity index (χ0v) is 21.3. The van der Waals surface area contributed by atoms with Gasteiger partial charge in [0.25, 0.3) is 5.91 Å². The SMILES string of the molecule is CC(C)(C)c1cc(NC(=O)Nc2ccc(Oc3ccncc3)cc2)c(C(=O)N2CCNC(=O)CC2)s1. The molecule has 3 aromatic rings. The normalized spacial score (nSPS) is 14.0. The average Bonchev–Trinajstić information content (AvgIpc) is 3.14. The molecule has 0 bridgehead atoms. The Morgan fingerprint density at radius 1 is 1.03 bits per heavy atom. The monoisotopic (exact) mass is 507 g/mol. The number of nitrogens with zero attached hydrogens (tertiary/aromatic N) is 2. The van der Waals surface area contributed by atoms with Crippen LogP contribution in [-0.2, 0) is 10.2 Å². The first kappa shape index (κ1) is 25.2. The smallest absolute Gasteiger partial charge is 0.323 e. The van der Waals surface area contributed by atoms with Gasteiger partial charge in [0, 0.05) is 49.0 Å². The van der Waals surface area contributed by atoms with E-state index in [1.54, 1.807) is 53.7 Å². The number of aromatic nitrogens is 1. The Bertz CT molecular complexity index is 1240. The van der Waals surface area contributed by atoms with Crippen LogP contribution in [0.3, 0.4) is 0 Å². The third-order valence-electron chi connectivity index (χ3n) is 5.51. The largest absolute Gasteiger partial charge is 0.457 e. The molecule has 1 saturated heterocycles. The van der Waals surface area contributed by atoms with E-state index >= 15 is 0 Å². The molecular formula is C26H29N5O4S. The second kappa shape index (κ2) is 10.8. The topological polar surface area (TPSA) is 113 Å². The van der Waals surface area contributed by atoms with Gasteiger partial charge in [0.1, 0.15) is 16.4 Å². The minimum atomic E-state index is -0.460. The Morgan fingerprint density at radius 2 is 1.72 bits per heavy atom. The lowest BCUT2D eigenvalue weighted by molar-refractivity contribution is -0.120. The molecule has 9 nitrogen and oxygen atoms in total. The number of amides is 4. The Labute approximate surface area is 213 Å². The van der Waals surface area contributed by atoms with E-state index in [9.17, 15) is 14.4 Å². The molecule has 0 unspecified atom stereocenters. The highest BCUT2D eigenvalue weighted by molar-refractivity contribution is 7.14. The lowest BCUT2D eigenvalue weighted by atomic mass is 9.94. The van der Waals surface area contributed by atoms with E-state index in [4.69, 9.17) is 4.74 Å². The summed E-state index contributed by atoms with van der Waals surface area (Å²) in [6, 6.07) is 11.9. The molecule has 0 atom stereocenters. The van der Waals surface area contributed by atoms with Crippen molar-refractivity contribution in [1.29, 1.82) is 0 Å². The molecule has 1 aromatic carbocycles. The van der Waals surface area contributed by atoms with Gasteiger partial charge in [0.2, 0.25) is 5.91 Å². The van der Waals surface area contributed by atoms with Crippen LogP contribution >= 0.6 is 11.3 Å². The minimum Gasteiger partial charge on any atom is -0.457 e. The second-order valence-corrected chi connectivity index (χ2v) is 10.4. The lowest BCUT2D eigenvalue weighted by Gasteiger charge is -2.19. The molecular weight excluding hydrogens is 478 g/mol. The van der Waals surface area contributed by atoms with Crippen molar-refractivity contribution in [2.45, 2.75) is 32.6 Å². The lowest BCUT2D eigenvalue weighted by Crippen LogP contribution is -2.34. The number of ether oxygens (including phenoxy) is 1. The predicted molar refractivity (Wildman–Crippen MR) is 140 cm³/mol. The van der Waals surface area contributed by atoms with Crippen molar-refractivity contribution in [2.24, 2.45) is 0 Å². The van der Waals surface area contributed by atoms with Gasteiger partial charge in [-0.15, -0.1) is 11.3 Å². The van der Waals surface area contributed by atoms with Crippen molar-refractivity contribution >= 4 is 40.6 Å². The molecule has 36 heavy (non-hydrogen) atoms. The number of pyridine rings is 1. The Hall–Kier alpha value is -3.92. The van der Waals surface area contributed by atoms with Crippen molar-refractivity contribution in [2.75, 3.05) is 30.3 Å². The highest BCUT2D eigenvalue weighted by atomic mass is 32.1. The molecule has 1 aliphatic rings. The number of rotatable bonds is 5. The van der Waals surface area contributed by atoms with E-state index in [-0.39, 0.29) is 23.7 Å². The number of thiophene rings is 1. The highest BCUT2D eigenvalue weighted by Crippen LogP contribution is 2.36. The standard InChI is InChI=1S/C26H29N5O4S/c1-26(2,3)21-16-20(23(36-21)24(33)31-14-10-22(32)28-13-15-31)30-25(34)29-17-4-6-18(7-5-17)35-19-8-11-27-12-9-19/h4-9,11-12,16H,10,13-15H2,1-3H3,(H,28,32)(H2,29,30,34). The molecule has 0 aliphatic carbocycles. The predicted octanol–water partition coefficient (Wildman–Crippen LogP) is 4.84. The van der Waals surface area contributed by atoms with Crippen molar-refractivity contribution in [3.8, 4) is 11.5 Å². The number of carbonyl (C=O) groups excluding carboxylic acids is 3. The van der Waals surface area contributed by atoms with Gasteiger partial charge in [-0.05, 0) is 47.9 Å². The molecule has 0 saturated carbocycles. The van der Waals surface area contributed by atoms with Gasteiger partial charge >= 0.3 is 6.03 Å². The van der Waals surface area contributed by atoms with Crippen LogP contribution in [-0.4, -0.2) is 47.4 Å². The molecule has 2 aromatic heterocycles. The molecule has 4 rings (SSSR count). The maximum atomic E-state index is 13.4. The van der Waals surface area contributed by atoms with E-state index < -0.39 is 6.03 Å². The highest BCUT2D eigenvalue weighted by Gasteiger charge is 2.28. The number of carbonyl (C=O) groups is 3. The van der Waals surface area contributed by atoms with Gasteiger partial charge in [-0.1, -0.05) is 20.8 Å². The van der Waals surface area contributed by atoms with Crippen molar-refractivity contribution < 1.29 is 19.1 Å². The molecule has 1 fully saturated rings. The molecule has 3 heterocycles. The van der Waals surface area contributed by atoms with Gasteiger partial charge in [0.05, 0.1) is 5.69 Å². The fraction of sp³-hybridized carbons (Fsp3) is 0.308. The first-order valence-electron chi connectivity index (χ1n) is 11.7. The summed E-state index contributed by atoms with van der Waals surface area (Å²) < 4.78 is 5.75. The number of nitrogens with one attached hydrogen (secondary N) is 3. The minimum absolute atomic E-state index is 0.0678. The molecule has 188 valence electrons. The second-order valence-electron chi connectivity index (χ2n) is 9.38. The number of benzene rings is 1. The fourth-order valence-electron chi connectivity index (χ4n) is 3.56. The van der Waals surface area contributed by atoms with Crippen LogP contribution in [0.4, 0.5) is 16.2 Å². The van der Waals surface area contributed by atoms with Crippen molar-refractivity contribution in [3.05, 3.63) is 64.6 Å². The summed E-state index contributed by atoms with van der Waals surface area (Å²) in [6.07, 6.45) is 3.55. The van der Waals surface area contributed by atoms with Crippen molar-refractivity contribution in [1.82, 2.24) is 15.2 Å². The molecule has 0 radical (unpaired) electrons. The summed E-state index contributed by atoms with van der Waals surface area (Å²) in [7, 11) is 0. The van der Waals surface area contributed by atoms with E-state index in [0.29, 0.717) is 47.4 Å². The number of urea groups is 1. The summed E-state index contributed by atoms with van der Waals surface area (Å²) in [5.74, 6) is 1.03. The Morgan fingerprint density at radius 3 is 2.42 bits per heavy atom. The third-order valence-corrected chi connectivity index (χ3v) is 7.06. The summed E-state index contributed by atoms with van der Waals surface area (Å²) in [6.45, 7) is 7.34. The van der Waals surface area contributed by atoms with Crippen LogP contribution in [0.25, 0.3) is 0 Å². The van der Waals surface area contributed by atoms with Crippen LogP contribution in [0, 0.1) is 0 Å². The quantitative estimate of drug-likeness (QED) is 0.458. The molecule has 1 aliphatic heterocycles. The number of anilines is 2. The van der Waals surface area contributed by atoms with Crippen LogP contribution in [0.15, 0.2) is 54.9 Å².